The van der Waals surface area contributed by atoms with Crippen LogP contribution in [0.3, 0.4) is 0 Å². The second-order valence-corrected chi connectivity index (χ2v) is 3.62. The third-order valence-electron chi connectivity index (χ3n) is 2.38. The van der Waals surface area contributed by atoms with Crippen molar-refractivity contribution in [2.45, 2.75) is 13.5 Å². The molecule has 0 spiro atoms. The SMILES string of the molecule is CCN(C=O)/C(COCc1ccccc1)=N\NC. The first-order chi connectivity index (χ1) is 8.81. The van der Waals surface area contributed by atoms with E-state index in [1.807, 2.05) is 37.3 Å². The summed E-state index contributed by atoms with van der Waals surface area (Å²) in [5.74, 6) is 0.575. The van der Waals surface area contributed by atoms with E-state index in [9.17, 15) is 4.79 Å². The number of hydrazone groups is 1. The summed E-state index contributed by atoms with van der Waals surface area (Å²) in [7, 11) is 1.69. The zero-order valence-electron chi connectivity index (χ0n) is 10.8. The Balaban J connectivity index is 2.48. The van der Waals surface area contributed by atoms with Crippen molar-refractivity contribution in [3.8, 4) is 0 Å². The van der Waals surface area contributed by atoms with Gasteiger partial charge in [0.15, 0.2) is 5.84 Å². The van der Waals surface area contributed by atoms with Crippen LogP contribution in [0.5, 0.6) is 0 Å². The van der Waals surface area contributed by atoms with Crippen LogP contribution in [0.15, 0.2) is 35.4 Å². The number of hydrogen-bond acceptors (Lipinski definition) is 4. The lowest BCUT2D eigenvalue weighted by atomic mass is 10.2. The monoisotopic (exact) mass is 249 g/mol. The third kappa shape index (κ3) is 4.55. The van der Waals surface area contributed by atoms with E-state index < -0.39 is 0 Å². The van der Waals surface area contributed by atoms with Crippen LogP contribution in [0.2, 0.25) is 0 Å². The number of benzene rings is 1. The van der Waals surface area contributed by atoms with Crippen molar-refractivity contribution >= 4 is 12.2 Å². The van der Waals surface area contributed by atoms with Crippen LogP contribution in [0.1, 0.15) is 12.5 Å². The van der Waals surface area contributed by atoms with Crippen molar-refractivity contribution < 1.29 is 9.53 Å². The highest BCUT2D eigenvalue weighted by Gasteiger charge is 2.08. The smallest absolute Gasteiger partial charge is 0.215 e. The van der Waals surface area contributed by atoms with Gasteiger partial charge in [0, 0.05) is 13.6 Å². The summed E-state index contributed by atoms with van der Waals surface area (Å²) in [5.41, 5.74) is 3.77. The average Bonchev–Trinajstić information content (AvgIpc) is 2.41. The molecule has 0 heterocycles. The van der Waals surface area contributed by atoms with Crippen LogP contribution in [-0.4, -0.2) is 37.3 Å². The fraction of sp³-hybridized carbons (Fsp3) is 0.385. The number of amides is 1. The van der Waals surface area contributed by atoms with E-state index in [2.05, 4.69) is 10.5 Å². The lowest BCUT2D eigenvalue weighted by Crippen LogP contribution is -2.34. The maximum Gasteiger partial charge on any atom is 0.215 e. The molecule has 5 heteroatoms. The molecule has 18 heavy (non-hydrogen) atoms. The average molecular weight is 249 g/mol. The molecule has 1 N–H and O–H groups in total. The zero-order chi connectivity index (χ0) is 13.2. The molecule has 1 rings (SSSR count). The van der Waals surface area contributed by atoms with Gasteiger partial charge in [-0.15, -0.1) is 0 Å². The van der Waals surface area contributed by atoms with Gasteiger partial charge in [-0.1, -0.05) is 30.3 Å². The summed E-state index contributed by atoms with van der Waals surface area (Å²) in [5, 5.41) is 4.03. The molecule has 0 saturated heterocycles. The Kier molecular flexibility index (Phi) is 6.50. The fourth-order valence-corrected chi connectivity index (χ4v) is 1.46. The number of amidine groups is 1. The van der Waals surface area contributed by atoms with Gasteiger partial charge < -0.3 is 10.2 Å². The Bertz CT molecular complexity index is 379. The van der Waals surface area contributed by atoms with Crippen molar-refractivity contribution in [3.63, 3.8) is 0 Å². The Morgan fingerprint density at radius 1 is 1.44 bits per heavy atom. The Hall–Kier alpha value is -1.88. The number of carbonyl (C=O) groups excluding carboxylic acids is 1. The van der Waals surface area contributed by atoms with Gasteiger partial charge in [0.2, 0.25) is 6.41 Å². The van der Waals surface area contributed by atoms with Crippen LogP contribution in [-0.2, 0) is 16.1 Å². The Morgan fingerprint density at radius 2 is 2.17 bits per heavy atom. The van der Waals surface area contributed by atoms with E-state index in [0.29, 0.717) is 25.6 Å². The van der Waals surface area contributed by atoms with Crippen molar-refractivity contribution in [3.05, 3.63) is 35.9 Å². The summed E-state index contributed by atoms with van der Waals surface area (Å²) >= 11 is 0. The molecule has 0 bridgehead atoms. The molecule has 98 valence electrons. The number of ether oxygens (including phenoxy) is 1. The second-order valence-electron chi connectivity index (χ2n) is 3.62. The summed E-state index contributed by atoms with van der Waals surface area (Å²) in [6.07, 6.45) is 0.752. The minimum absolute atomic E-state index is 0.294. The normalized spacial score (nSPS) is 11.1. The number of hydrogen-bond donors (Lipinski definition) is 1. The van der Waals surface area contributed by atoms with Gasteiger partial charge in [0.25, 0.3) is 0 Å². The van der Waals surface area contributed by atoms with Crippen LogP contribution in [0.25, 0.3) is 0 Å². The molecule has 0 atom stereocenters. The molecule has 0 radical (unpaired) electrons. The molecular weight excluding hydrogens is 230 g/mol. The van der Waals surface area contributed by atoms with E-state index in [-0.39, 0.29) is 0 Å². The predicted octanol–water partition coefficient (Wildman–Crippen LogP) is 1.21. The first-order valence-corrected chi connectivity index (χ1v) is 5.88. The second kappa shape index (κ2) is 8.25. The maximum atomic E-state index is 10.8. The van der Waals surface area contributed by atoms with Gasteiger partial charge in [0.05, 0.1) is 6.61 Å². The first kappa shape index (κ1) is 14.2. The van der Waals surface area contributed by atoms with E-state index in [1.54, 1.807) is 7.05 Å². The molecule has 5 nitrogen and oxygen atoms in total. The van der Waals surface area contributed by atoms with Crippen LogP contribution in [0.4, 0.5) is 0 Å². The lowest BCUT2D eigenvalue weighted by molar-refractivity contribution is -0.114. The molecule has 0 aliphatic carbocycles. The minimum Gasteiger partial charge on any atom is -0.369 e. The standard InChI is InChI=1S/C13H19N3O2/c1-3-16(11-17)13(15-14-2)10-18-9-12-7-5-4-6-8-12/h4-8,11,14H,3,9-10H2,1-2H3/b15-13-. The number of carbonyl (C=O) groups is 1. The summed E-state index contributed by atoms with van der Waals surface area (Å²) in [4.78, 5) is 12.3. The highest BCUT2D eigenvalue weighted by atomic mass is 16.5. The van der Waals surface area contributed by atoms with Crippen molar-refractivity contribution in [2.75, 3.05) is 20.2 Å². The van der Waals surface area contributed by atoms with Crippen molar-refractivity contribution in [1.82, 2.24) is 10.3 Å². The summed E-state index contributed by atoms with van der Waals surface area (Å²) in [6.45, 7) is 3.25. The van der Waals surface area contributed by atoms with Crippen molar-refractivity contribution in [1.29, 1.82) is 0 Å². The van der Waals surface area contributed by atoms with Gasteiger partial charge in [-0.05, 0) is 12.5 Å². The summed E-state index contributed by atoms with van der Waals surface area (Å²) < 4.78 is 5.55. The molecule has 0 unspecified atom stereocenters. The summed E-state index contributed by atoms with van der Waals surface area (Å²) in [6, 6.07) is 9.87. The molecular formula is C13H19N3O2. The Morgan fingerprint density at radius 3 is 2.72 bits per heavy atom. The van der Waals surface area contributed by atoms with Gasteiger partial charge >= 0.3 is 0 Å². The number of nitrogens with one attached hydrogen (secondary N) is 1. The topological polar surface area (TPSA) is 53.9 Å². The first-order valence-electron chi connectivity index (χ1n) is 5.88. The minimum atomic E-state index is 0.294. The molecule has 0 saturated carbocycles. The molecule has 0 aliphatic heterocycles. The Labute approximate surface area is 107 Å². The van der Waals surface area contributed by atoms with Gasteiger partial charge in [-0.25, -0.2) is 0 Å². The number of nitrogens with zero attached hydrogens (tertiary/aromatic N) is 2. The van der Waals surface area contributed by atoms with Gasteiger partial charge in [-0.2, -0.15) is 5.10 Å². The van der Waals surface area contributed by atoms with Gasteiger partial charge in [0.1, 0.15) is 6.61 Å². The highest BCUT2D eigenvalue weighted by Crippen LogP contribution is 2.01. The zero-order valence-corrected chi connectivity index (χ0v) is 10.8. The molecule has 0 aliphatic rings. The lowest BCUT2D eigenvalue weighted by Gasteiger charge is -2.17. The van der Waals surface area contributed by atoms with Crippen LogP contribution in [0, 0.1) is 0 Å². The van der Waals surface area contributed by atoms with Gasteiger partial charge in [-0.3, -0.25) is 9.69 Å². The molecule has 1 aromatic rings. The maximum absolute atomic E-state index is 10.8. The molecule has 1 aromatic carbocycles. The van der Waals surface area contributed by atoms with Crippen molar-refractivity contribution in [2.24, 2.45) is 5.10 Å². The molecule has 0 fully saturated rings. The number of likely N-dealkylation sites (N-methyl/N-ethyl adjacent to an activating group) is 1. The van der Waals surface area contributed by atoms with E-state index >= 15 is 0 Å². The van der Waals surface area contributed by atoms with E-state index in [4.69, 9.17) is 4.74 Å². The van der Waals surface area contributed by atoms with Crippen LogP contribution < -0.4 is 5.43 Å². The highest BCUT2D eigenvalue weighted by molar-refractivity contribution is 5.91. The van der Waals surface area contributed by atoms with Crippen LogP contribution >= 0.6 is 0 Å². The largest absolute Gasteiger partial charge is 0.369 e. The van der Waals surface area contributed by atoms with E-state index in [0.717, 1.165) is 12.0 Å². The quantitative estimate of drug-likeness (QED) is 0.342. The van der Waals surface area contributed by atoms with E-state index in [1.165, 1.54) is 4.90 Å². The molecule has 0 aromatic heterocycles. The number of rotatable bonds is 7. The fourth-order valence-electron chi connectivity index (χ4n) is 1.46. The predicted molar refractivity (Wildman–Crippen MR) is 71.0 cm³/mol. The third-order valence-corrected chi connectivity index (χ3v) is 2.38. The molecule has 1 amide bonds.